The molecule has 2 aliphatic rings. The van der Waals surface area contributed by atoms with Crippen LogP contribution in [-0.4, -0.2) is 49.7 Å². The summed E-state index contributed by atoms with van der Waals surface area (Å²) in [5.41, 5.74) is 0. The maximum atomic E-state index is 12.2. The van der Waals surface area contributed by atoms with Crippen molar-refractivity contribution in [1.29, 1.82) is 0 Å². The molecule has 104 valence electrons. The molecule has 0 aromatic rings. The second-order valence-corrected chi connectivity index (χ2v) is 5.55. The van der Waals surface area contributed by atoms with Gasteiger partial charge in [-0.25, -0.2) is 0 Å². The van der Waals surface area contributed by atoms with Crippen LogP contribution >= 0.6 is 0 Å². The minimum Gasteiger partial charge on any atom is -0.368 e. The van der Waals surface area contributed by atoms with Crippen LogP contribution in [-0.2, 0) is 9.53 Å². The van der Waals surface area contributed by atoms with Gasteiger partial charge in [-0.15, -0.1) is 0 Å². The Hall–Kier alpha value is -0.610. The van der Waals surface area contributed by atoms with Crippen molar-refractivity contribution >= 4 is 5.91 Å². The maximum absolute atomic E-state index is 12.2. The van der Waals surface area contributed by atoms with E-state index in [9.17, 15) is 4.79 Å². The molecule has 2 unspecified atom stereocenters. The molecule has 2 atom stereocenters. The number of hydrogen-bond donors (Lipinski definition) is 1. The second kappa shape index (κ2) is 7.10. The van der Waals surface area contributed by atoms with Gasteiger partial charge in [-0.05, 0) is 45.1 Å². The molecule has 2 heterocycles. The highest BCUT2D eigenvalue weighted by atomic mass is 16.5. The molecule has 2 fully saturated rings. The molecule has 0 aromatic heterocycles. The molecule has 1 N–H and O–H groups in total. The molecule has 0 bridgehead atoms. The Balaban J connectivity index is 1.69. The lowest BCUT2D eigenvalue weighted by Gasteiger charge is -2.29. The maximum Gasteiger partial charge on any atom is 0.251 e. The average Bonchev–Trinajstić information content (AvgIpc) is 2.46. The van der Waals surface area contributed by atoms with Crippen molar-refractivity contribution in [2.45, 2.75) is 57.1 Å². The van der Waals surface area contributed by atoms with Crippen molar-refractivity contribution in [3.05, 3.63) is 0 Å². The quantitative estimate of drug-likeness (QED) is 0.827. The van der Waals surface area contributed by atoms with Gasteiger partial charge < -0.3 is 15.0 Å². The lowest BCUT2D eigenvalue weighted by Crippen LogP contribution is -2.42. The molecule has 2 aliphatic heterocycles. The van der Waals surface area contributed by atoms with Crippen LogP contribution in [0.1, 0.15) is 44.9 Å². The molecule has 2 rings (SSSR count). The summed E-state index contributed by atoms with van der Waals surface area (Å²) in [6, 6.07) is 0.598. The van der Waals surface area contributed by atoms with E-state index in [0.717, 1.165) is 45.4 Å². The number of nitrogens with zero attached hydrogens (tertiary/aromatic N) is 1. The fourth-order valence-corrected chi connectivity index (χ4v) is 2.81. The van der Waals surface area contributed by atoms with E-state index in [0.29, 0.717) is 6.04 Å². The zero-order chi connectivity index (χ0) is 12.8. The Bertz CT molecular complexity index is 259. The Morgan fingerprint density at radius 1 is 1.28 bits per heavy atom. The van der Waals surface area contributed by atoms with Gasteiger partial charge in [0.05, 0.1) is 0 Å². The number of carbonyl (C=O) groups excluding carboxylic acids is 1. The van der Waals surface area contributed by atoms with Gasteiger partial charge in [-0.2, -0.15) is 0 Å². The van der Waals surface area contributed by atoms with Crippen molar-refractivity contribution in [3.8, 4) is 0 Å². The number of amides is 1. The van der Waals surface area contributed by atoms with Crippen LogP contribution in [0.25, 0.3) is 0 Å². The summed E-state index contributed by atoms with van der Waals surface area (Å²) in [7, 11) is 1.91. The highest BCUT2D eigenvalue weighted by Gasteiger charge is 2.25. The summed E-state index contributed by atoms with van der Waals surface area (Å²) in [6.07, 6.45) is 7.86. The van der Waals surface area contributed by atoms with Crippen LogP contribution in [0.5, 0.6) is 0 Å². The van der Waals surface area contributed by atoms with E-state index < -0.39 is 0 Å². The first kappa shape index (κ1) is 13.8. The fraction of sp³-hybridized carbons (Fsp3) is 0.929. The van der Waals surface area contributed by atoms with Crippen LogP contribution in [0.15, 0.2) is 0 Å². The highest BCUT2D eigenvalue weighted by molar-refractivity contribution is 5.80. The Morgan fingerprint density at radius 3 is 2.78 bits per heavy atom. The Labute approximate surface area is 110 Å². The molecular weight excluding hydrogens is 228 g/mol. The average molecular weight is 254 g/mol. The van der Waals surface area contributed by atoms with Gasteiger partial charge in [0.25, 0.3) is 5.91 Å². The predicted octanol–water partition coefficient (Wildman–Crippen LogP) is 1.55. The number of rotatable bonds is 4. The SMILES string of the molecule is CN(CCC1CCCCN1)C(=O)C1CCCCO1. The topological polar surface area (TPSA) is 41.6 Å². The number of nitrogens with one attached hydrogen (secondary N) is 1. The predicted molar refractivity (Wildman–Crippen MR) is 71.5 cm³/mol. The minimum absolute atomic E-state index is 0.172. The third-order valence-electron chi connectivity index (χ3n) is 4.06. The normalized spacial score (nSPS) is 28.9. The van der Waals surface area contributed by atoms with Gasteiger partial charge in [-0.3, -0.25) is 4.79 Å². The van der Waals surface area contributed by atoms with Crippen LogP contribution in [0.2, 0.25) is 0 Å². The number of ether oxygens (including phenoxy) is 1. The smallest absolute Gasteiger partial charge is 0.251 e. The highest BCUT2D eigenvalue weighted by Crippen LogP contribution is 2.15. The molecule has 0 aliphatic carbocycles. The number of carbonyl (C=O) groups is 1. The van der Waals surface area contributed by atoms with E-state index in [1.165, 1.54) is 19.3 Å². The van der Waals surface area contributed by atoms with E-state index in [2.05, 4.69) is 5.32 Å². The molecule has 18 heavy (non-hydrogen) atoms. The minimum atomic E-state index is -0.178. The van der Waals surface area contributed by atoms with E-state index in [1.807, 2.05) is 11.9 Å². The molecule has 0 spiro atoms. The molecule has 0 radical (unpaired) electrons. The van der Waals surface area contributed by atoms with E-state index >= 15 is 0 Å². The van der Waals surface area contributed by atoms with Crippen molar-refractivity contribution in [2.24, 2.45) is 0 Å². The Morgan fingerprint density at radius 2 is 2.11 bits per heavy atom. The monoisotopic (exact) mass is 254 g/mol. The summed E-state index contributed by atoms with van der Waals surface area (Å²) < 4.78 is 5.55. The van der Waals surface area contributed by atoms with Gasteiger partial charge in [0.1, 0.15) is 6.10 Å². The summed E-state index contributed by atoms with van der Waals surface area (Å²) in [6.45, 7) is 2.72. The zero-order valence-electron chi connectivity index (χ0n) is 11.5. The molecule has 4 nitrogen and oxygen atoms in total. The first-order valence-corrected chi connectivity index (χ1v) is 7.37. The standard InChI is InChI=1S/C14H26N2O2/c1-16(10-8-12-6-2-4-9-15-12)14(17)13-7-3-5-11-18-13/h12-13,15H,2-11H2,1H3. The number of likely N-dealkylation sites (N-methyl/N-ethyl adjacent to an activating group) is 1. The van der Waals surface area contributed by atoms with Crippen LogP contribution in [0.4, 0.5) is 0 Å². The molecule has 1 amide bonds. The summed E-state index contributed by atoms with van der Waals surface area (Å²) >= 11 is 0. The summed E-state index contributed by atoms with van der Waals surface area (Å²) in [5.74, 6) is 0.172. The first-order valence-electron chi connectivity index (χ1n) is 7.37. The van der Waals surface area contributed by atoms with Crippen molar-refractivity contribution in [2.75, 3.05) is 26.7 Å². The summed E-state index contributed by atoms with van der Waals surface area (Å²) in [5, 5.41) is 3.52. The van der Waals surface area contributed by atoms with Crippen molar-refractivity contribution in [3.63, 3.8) is 0 Å². The van der Waals surface area contributed by atoms with E-state index in [1.54, 1.807) is 0 Å². The largest absolute Gasteiger partial charge is 0.368 e. The molecule has 0 aromatic carbocycles. The molecular formula is C14H26N2O2. The second-order valence-electron chi connectivity index (χ2n) is 5.55. The number of hydrogen-bond acceptors (Lipinski definition) is 3. The molecule has 0 saturated carbocycles. The van der Waals surface area contributed by atoms with Crippen molar-refractivity contribution < 1.29 is 9.53 Å². The lowest BCUT2D eigenvalue weighted by atomic mass is 10.0. The zero-order valence-corrected chi connectivity index (χ0v) is 11.5. The van der Waals surface area contributed by atoms with Gasteiger partial charge in [0.2, 0.25) is 0 Å². The molecule has 4 heteroatoms. The van der Waals surface area contributed by atoms with Crippen LogP contribution < -0.4 is 5.32 Å². The summed E-state index contributed by atoms with van der Waals surface area (Å²) in [4.78, 5) is 14.0. The van der Waals surface area contributed by atoms with Gasteiger partial charge >= 0.3 is 0 Å². The Kier molecular flexibility index (Phi) is 5.45. The van der Waals surface area contributed by atoms with Gasteiger partial charge in [-0.1, -0.05) is 6.42 Å². The third kappa shape index (κ3) is 3.95. The first-order chi connectivity index (χ1) is 8.77. The van der Waals surface area contributed by atoms with Gasteiger partial charge in [0, 0.05) is 26.2 Å². The van der Waals surface area contributed by atoms with E-state index in [4.69, 9.17) is 4.74 Å². The molecule has 2 saturated heterocycles. The van der Waals surface area contributed by atoms with Crippen LogP contribution in [0, 0.1) is 0 Å². The van der Waals surface area contributed by atoms with E-state index in [-0.39, 0.29) is 12.0 Å². The van der Waals surface area contributed by atoms with Gasteiger partial charge in [0.15, 0.2) is 0 Å². The van der Waals surface area contributed by atoms with Crippen molar-refractivity contribution in [1.82, 2.24) is 10.2 Å². The lowest BCUT2D eigenvalue weighted by molar-refractivity contribution is -0.145. The number of piperidine rings is 1. The van der Waals surface area contributed by atoms with Crippen LogP contribution in [0.3, 0.4) is 0 Å². The third-order valence-corrected chi connectivity index (χ3v) is 4.06. The fourth-order valence-electron chi connectivity index (χ4n) is 2.81.